The predicted octanol–water partition coefficient (Wildman–Crippen LogP) is 1.13. The molecule has 0 rings (SSSR count). The quantitative estimate of drug-likeness (QED) is 0.322. The van der Waals surface area contributed by atoms with Crippen molar-refractivity contribution >= 4 is 11.8 Å². The Hall–Kier alpha value is -1.62. The lowest BCUT2D eigenvalue weighted by Gasteiger charge is -2.16. The van der Waals surface area contributed by atoms with E-state index in [0.29, 0.717) is 13.0 Å². The molecule has 18 heavy (non-hydrogen) atoms. The zero-order valence-electron chi connectivity index (χ0n) is 11.6. The fourth-order valence-corrected chi connectivity index (χ4v) is 1.43. The highest BCUT2D eigenvalue weighted by molar-refractivity contribution is 5.77. The second-order valence-corrected chi connectivity index (χ2v) is 4.37. The van der Waals surface area contributed by atoms with Gasteiger partial charge in [0.1, 0.15) is 0 Å². The van der Waals surface area contributed by atoms with Crippen LogP contribution in [0.25, 0.3) is 0 Å². The molecule has 0 aromatic heterocycles. The van der Waals surface area contributed by atoms with Crippen molar-refractivity contribution < 1.29 is 9.59 Å². The van der Waals surface area contributed by atoms with Crippen molar-refractivity contribution in [2.75, 3.05) is 13.6 Å². The zero-order valence-corrected chi connectivity index (χ0v) is 11.6. The summed E-state index contributed by atoms with van der Waals surface area (Å²) in [4.78, 5) is 24.1. The number of carbonyl (C=O) groups excluding carboxylic acids is 2. The summed E-state index contributed by atoms with van der Waals surface area (Å²) in [5, 5.41) is 0. The normalized spacial score (nSPS) is 12.3. The Kier molecular flexibility index (Phi) is 7.71. The number of hydrogen-bond acceptors (Lipinski definition) is 3. The van der Waals surface area contributed by atoms with E-state index in [0.717, 1.165) is 11.1 Å². The highest BCUT2D eigenvalue weighted by Gasteiger charge is 2.05. The lowest BCUT2D eigenvalue weighted by atomic mass is 10.1. The molecular formula is C13H23N3O2. The van der Waals surface area contributed by atoms with Crippen molar-refractivity contribution in [3.63, 3.8) is 0 Å². The first-order chi connectivity index (χ1) is 8.40. The van der Waals surface area contributed by atoms with Crippen LogP contribution in [-0.4, -0.2) is 30.3 Å². The van der Waals surface area contributed by atoms with Crippen LogP contribution in [0.2, 0.25) is 0 Å². The standard InChI is InChI=1S/C13H23N3O2/c1-5-13(18)16(4)9-11(3)7-6-10(2)8-12(17)15-14/h6-7H,5,8-9,14H2,1-4H3,(H,15,17)/b10-6+,11-7+. The lowest BCUT2D eigenvalue weighted by molar-refractivity contribution is -0.129. The van der Waals surface area contributed by atoms with Crippen LogP contribution in [0.4, 0.5) is 0 Å². The van der Waals surface area contributed by atoms with E-state index in [9.17, 15) is 9.59 Å². The summed E-state index contributed by atoms with van der Waals surface area (Å²) in [6, 6.07) is 0. The van der Waals surface area contributed by atoms with Crippen LogP contribution in [0.1, 0.15) is 33.6 Å². The molecule has 0 unspecified atom stereocenters. The highest BCUT2D eigenvalue weighted by Crippen LogP contribution is 2.03. The summed E-state index contributed by atoms with van der Waals surface area (Å²) in [5.74, 6) is 4.91. The monoisotopic (exact) mass is 253 g/mol. The SMILES string of the molecule is CCC(=O)N(C)C/C(C)=C/C=C(\C)CC(=O)NN. The molecule has 0 bridgehead atoms. The smallest absolute Gasteiger partial charge is 0.237 e. The number of carbonyl (C=O) groups is 2. The molecule has 0 aliphatic rings. The summed E-state index contributed by atoms with van der Waals surface area (Å²) in [6.45, 7) is 6.25. The number of likely N-dealkylation sites (N-methyl/N-ethyl adjacent to an activating group) is 1. The van der Waals surface area contributed by atoms with Crippen LogP contribution in [0.15, 0.2) is 23.3 Å². The molecule has 2 amide bonds. The summed E-state index contributed by atoms with van der Waals surface area (Å²) < 4.78 is 0. The third-order valence-corrected chi connectivity index (χ3v) is 2.47. The van der Waals surface area contributed by atoms with Gasteiger partial charge in [0.05, 0.1) is 0 Å². The van der Waals surface area contributed by atoms with Gasteiger partial charge in [0.25, 0.3) is 0 Å². The van der Waals surface area contributed by atoms with Crippen molar-refractivity contribution in [1.29, 1.82) is 0 Å². The molecule has 0 spiro atoms. The molecule has 0 saturated heterocycles. The number of rotatable bonds is 6. The van der Waals surface area contributed by atoms with E-state index in [-0.39, 0.29) is 18.2 Å². The number of allylic oxidation sites excluding steroid dienone is 2. The van der Waals surface area contributed by atoms with Crippen LogP contribution in [0.3, 0.4) is 0 Å². The van der Waals surface area contributed by atoms with Crippen molar-refractivity contribution in [2.24, 2.45) is 5.84 Å². The molecule has 0 aromatic carbocycles. The fraction of sp³-hybridized carbons (Fsp3) is 0.538. The third kappa shape index (κ3) is 6.85. The number of nitrogens with two attached hydrogens (primary N) is 1. The minimum atomic E-state index is -0.215. The molecule has 0 aliphatic carbocycles. The van der Waals surface area contributed by atoms with Gasteiger partial charge in [0, 0.05) is 26.4 Å². The summed E-state index contributed by atoms with van der Waals surface area (Å²) in [5.41, 5.74) is 4.07. The number of nitrogens with one attached hydrogen (secondary N) is 1. The van der Waals surface area contributed by atoms with Gasteiger partial charge in [0.2, 0.25) is 11.8 Å². The second kappa shape index (κ2) is 8.47. The number of hydrogen-bond donors (Lipinski definition) is 2. The molecule has 5 heteroatoms. The molecule has 0 heterocycles. The zero-order chi connectivity index (χ0) is 14.1. The Balaban J connectivity index is 4.37. The van der Waals surface area contributed by atoms with Gasteiger partial charge in [-0.3, -0.25) is 15.0 Å². The van der Waals surface area contributed by atoms with Crippen molar-refractivity contribution in [2.45, 2.75) is 33.6 Å². The Morgan fingerprint density at radius 3 is 2.28 bits per heavy atom. The average molecular weight is 253 g/mol. The number of hydrazine groups is 1. The van der Waals surface area contributed by atoms with Gasteiger partial charge < -0.3 is 4.90 Å². The molecule has 0 aromatic rings. The molecular weight excluding hydrogens is 230 g/mol. The van der Waals surface area contributed by atoms with E-state index in [2.05, 4.69) is 5.43 Å². The summed E-state index contributed by atoms with van der Waals surface area (Å²) in [6.07, 6.45) is 4.58. The first-order valence-electron chi connectivity index (χ1n) is 5.97. The fourth-order valence-electron chi connectivity index (χ4n) is 1.43. The predicted molar refractivity (Wildman–Crippen MR) is 72.4 cm³/mol. The molecule has 0 saturated carbocycles. The van der Waals surface area contributed by atoms with Crippen LogP contribution < -0.4 is 11.3 Å². The van der Waals surface area contributed by atoms with Crippen LogP contribution >= 0.6 is 0 Å². The number of amides is 2. The van der Waals surface area contributed by atoms with Crippen molar-refractivity contribution in [3.8, 4) is 0 Å². The maximum absolute atomic E-state index is 11.4. The van der Waals surface area contributed by atoms with Crippen LogP contribution in [0, 0.1) is 0 Å². The van der Waals surface area contributed by atoms with Crippen molar-refractivity contribution in [3.05, 3.63) is 23.3 Å². The molecule has 102 valence electrons. The van der Waals surface area contributed by atoms with E-state index in [4.69, 9.17) is 5.84 Å². The van der Waals surface area contributed by atoms with E-state index in [1.165, 1.54) is 0 Å². The molecule has 3 N–H and O–H groups in total. The topological polar surface area (TPSA) is 75.4 Å². The first-order valence-corrected chi connectivity index (χ1v) is 5.97. The van der Waals surface area contributed by atoms with Gasteiger partial charge in [-0.25, -0.2) is 5.84 Å². The maximum Gasteiger partial charge on any atom is 0.237 e. The van der Waals surface area contributed by atoms with E-state index >= 15 is 0 Å². The Morgan fingerprint density at radius 2 is 1.78 bits per heavy atom. The van der Waals surface area contributed by atoms with Crippen LogP contribution in [-0.2, 0) is 9.59 Å². The van der Waals surface area contributed by atoms with Crippen molar-refractivity contribution in [1.82, 2.24) is 10.3 Å². The maximum atomic E-state index is 11.4. The second-order valence-electron chi connectivity index (χ2n) is 4.37. The first kappa shape index (κ1) is 16.4. The molecule has 0 atom stereocenters. The van der Waals surface area contributed by atoms with Gasteiger partial charge in [-0.1, -0.05) is 30.2 Å². The Morgan fingerprint density at radius 1 is 1.22 bits per heavy atom. The number of nitrogens with zero attached hydrogens (tertiary/aromatic N) is 1. The Bertz CT molecular complexity index is 359. The highest BCUT2D eigenvalue weighted by atomic mass is 16.2. The summed E-state index contributed by atoms with van der Waals surface area (Å²) in [7, 11) is 1.78. The van der Waals surface area contributed by atoms with Gasteiger partial charge in [-0.15, -0.1) is 0 Å². The van der Waals surface area contributed by atoms with Crippen LogP contribution in [0.5, 0.6) is 0 Å². The van der Waals surface area contributed by atoms with E-state index < -0.39 is 0 Å². The molecule has 0 fully saturated rings. The molecule has 0 radical (unpaired) electrons. The van der Waals surface area contributed by atoms with Gasteiger partial charge in [-0.05, 0) is 13.8 Å². The molecule has 0 aliphatic heterocycles. The molecule has 5 nitrogen and oxygen atoms in total. The summed E-state index contributed by atoms with van der Waals surface area (Å²) >= 11 is 0. The lowest BCUT2D eigenvalue weighted by Crippen LogP contribution is -2.29. The van der Waals surface area contributed by atoms with Gasteiger partial charge in [0.15, 0.2) is 0 Å². The van der Waals surface area contributed by atoms with Gasteiger partial charge >= 0.3 is 0 Å². The third-order valence-electron chi connectivity index (χ3n) is 2.47. The minimum absolute atomic E-state index is 0.117. The van der Waals surface area contributed by atoms with E-state index in [1.54, 1.807) is 11.9 Å². The van der Waals surface area contributed by atoms with E-state index in [1.807, 2.05) is 32.9 Å². The largest absolute Gasteiger partial charge is 0.342 e. The Labute approximate surface area is 109 Å². The van der Waals surface area contributed by atoms with Gasteiger partial charge in [-0.2, -0.15) is 0 Å². The minimum Gasteiger partial charge on any atom is -0.342 e. The average Bonchev–Trinajstić information content (AvgIpc) is 2.34.